The second kappa shape index (κ2) is 14.8. The van der Waals surface area contributed by atoms with Crippen LogP contribution in [0, 0.1) is 5.92 Å². The molecule has 3 atom stereocenters. The van der Waals surface area contributed by atoms with Crippen molar-refractivity contribution in [1.29, 1.82) is 0 Å². The Morgan fingerprint density at radius 2 is 1.69 bits per heavy atom. The average Bonchev–Trinajstić information content (AvgIpc) is 3.61. The highest BCUT2D eigenvalue weighted by molar-refractivity contribution is 6.24. The monoisotopic (exact) mass is 673 g/mol. The van der Waals surface area contributed by atoms with Gasteiger partial charge in [0.2, 0.25) is 23.7 Å². The Balaban J connectivity index is 0.958. The number of aromatic nitrogens is 2. The largest absolute Gasteiger partial charge is 0.483 e. The summed E-state index contributed by atoms with van der Waals surface area (Å²) in [5.41, 5.74) is -0.924. The Morgan fingerprint density at radius 1 is 0.958 bits per heavy atom. The number of imide groups is 2. The van der Waals surface area contributed by atoms with Crippen molar-refractivity contribution in [1.82, 2.24) is 30.8 Å². The van der Waals surface area contributed by atoms with E-state index in [1.54, 1.807) is 0 Å². The van der Waals surface area contributed by atoms with Crippen LogP contribution in [0.1, 0.15) is 77.6 Å². The third kappa shape index (κ3) is 8.06. The Labute approximate surface area is 272 Å². The Morgan fingerprint density at radius 3 is 2.40 bits per heavy atom. The van der Waals surface area contributed by atoms with Gasteiger partial charge in [-0.15, -0.1) is 0 Å². The molecule has 0 spiro atoms. The number of benzene rings is 1. The highest BCUT2D eigenvalue weighted by atomic mass is 19.4. The lowest BCUT2D eigenvalue weighted by Gasteiger charge is -2.27. The van der Waals surface area contributed by atoms with E-state index >= 15 is 0 Å². The van der Waals surface area contributed by atoms with E-state index in [4.69, 9.17) is 4.74 Å². The van der Waals surface area contributed by atoms with E-state index in [2.05, 4.69) is 31.2 Å². The van der Waals surface area contributed by atoms with Crippen molar-refractivity contribution in [3.63, 3.8) is 0 Å². The number of hydrogen-bond donors (Lipinski definition) is 4. The summed E-state index contributed by atoms with van der Waals surface area (Å²) in [6.45, 7) is 0.397. The lowest BCUT2D eigenvalue weighted by Crippen LogP contribution is -2.54. The summed E-state index contributed by atoms with van der Waals surface area (Å²) >= 11 is 0. The fourth-order valence-corrected chi connectivity index (χ4v) is 5.89. The van der Waals surface area contributed by atoms with Gasteiger partial charge in [-0.1, -0.05) is 6.07 Å². The molecule has 0 bridgehead atoms. The molecule has 4 N–H and O–H groups in total. The molecule has 0 radical (unpaired) electrons. The number of amides is 6. The number of fused-ring (bicyclic) bond motifs is 1. The average molecular weight is 674 g/mol. The van der Waals surface area contributed by atoms with Crippen molar-refractivity contribution >= 4 is 41.4 Å². The summed E-state index contributed by atoms with van der Waals surface area (Å²) in [6, 6.07) is 3.15. The van der Waals surface area contributed by atoms with Crippen LogP contribution in [0.4, 0.5) is 19.1 Å². The number of carbonyl (C=O) groups is 6. The fraction of sp³-hybridized carbons (Fsp3) is 0.484. The van der Waals surface area contributed by atoms with Gasteiger partial charge in [0.15, 0.2) is 6.61 Å². The molecule has 1 saturated heterocycles. The number of unbranched alkanes of at least 4 members (excludes halogenated alkanes) is 2. The molecule has 5 rings (SSSR count). The zero-order chi connectivity index (χ0) is 34.4. The van der Waals surface area contributed by atoms with Crippen LogP contribution in [0.2, 0.25) is 0 Å². The molecule has 1 aromatic carbocycles. The number of carbonyl (C=O) groups excluding carboxylic acids is 6. The smallest absolute Gasteiger partial charge is 0.419 e. The van der Waals surface area contributed by atoms with E-state index in [1.807, 2.05) is 0 Å². The normalized spacial score (nSPS) is 20.7. The van der Waals surface area contributed by atoms with Gasteiger partial charge in [0.25, 0.3) is 17.7 Å². The number of halogens is 3. The van der Waals surface area contributed by atoms with Crippen molar-refractivity contribution in [2.45, 2.75) is 69.6 Å². The summed E-state index contributed by atoms with van der Waals surface area (Å²) in [5, 5.41) is 10.7. The molecule has 2 aliphatic heterocycles. The molecule has 2 fully saturated rings. The Kier molecular flexibility index (Phi) is 10.5. The summed E-state index contributed by atoms with van der Waals surface area (Å²) in [4.78, 5) is 83.0. The van der Waals surface area contributed by atoms with E-state index in [-0.39, 0.29) is 53.5 Å². The molecular formula is C31H34F3N7O7. The van der Waals surface area contributed by atoms with E-state index in [1.165, 1.54) is 18.2 Å². The molecule has 256 valence electrons. The van der Waals surface area contributed by atoms with E-state index in [0.717, 1.165) is 23.7 Å². The zero-order valence-electron chi connectivity index (χ0n) is 25.7. The second-order valence-corrected chi connectivity index (χ2v) is 11.8. The summed E-state index contributed by atoms with van der Waals surface area (Å²) in [7, 11) is 0. The predicted molar refractivity (Wildman–Crippen MR) is 160 cm³/mol. The maximum absolute atomic E-state index is 13.1. The molecule has 1 aliphatic carbocycles. The van der Waals surface area contributed by atoms with Crippen LogP contribution in [0.25, 0.3) is 0 Å². The van der Waals surface area contributed by atoms with Crippen LogP contribution in [0.3, 0.4) is 0 Å². The molecule has 3 heterocycles. The molecule has 1 saturated carbocycles. The first kappa shape index (κ1) is 34.3. The Hall–Kier alpha value is -5.09. The minimum absolute atomic E-state index is 0.00339. The molecule has 2 aromatic rings. The maximum Gasteiger partial charge on any atom is 0.419 e. The van der Waals surface area contributed by atoms with Gasteiger partial charge in [0.1, 0.15) is 11.8 Å². The van der Waals surface area contributed by atoms with Crippen LogP contribution in [-0.2, 0) is 25.4 Å². The van der Waals surface area contributed by atoms with Gasteiger partial charge < -0.3 is 20.7 Å². The van der Waals surface area contributed by atoms with Crippen molar-refractivity contribution in [3.8, 4) is 5.75 Å². The van der Waals surface area contributed by atoms with Gasteiger partial charge in [-0.05, 0) is 57.1 Å². The number of nitrogens with one attached hydrogen (secondary N) is 4. The van der Waals surface area contributed by atoms with Crippen LogP contribution in [-0.4, -0.2) is 82.1 Å². The second-order valence-electron chi connectivity index (χ2n) is 11.8. The highest BCUT2D eigenvalue weighted by Crippen LogP contribution is 2.34. The summed E-state index contributed by atoms with van der Waals surface area (Å²) in [5.74, 6) is -3.24. The molecule has 48 heavy (non-hydrogen) atoms. The third-order valence-corrected chi connectivity index (χ3v) is 8.38. The number of alkyl halides is 3. The van der Waals surface area contributed by atoms with E-state index in [0.29, 0.717) is 45.2 Å². The number of rotatable bonds is 13. The number of nitrogens with zero attached hydrogens (tertiary/aromatic N) is 3. The number of piperidine rings is 1. The third-order valence-electron chi connectivity index (χ3n) is 8.38. The van der Waals surface area contributed by atoms with E-state index < -0.39 is 53.9 Å². The van der Waals surface area contributed by atoms with Crippen LogP contribution >= 0.6 is 0 Å². The molecule has 3 aliphatic rings. The van der Waals surface area contributed by atoms with Crippen LogP contribution < -0.4 is 26.0 Å². The Bertz CT molecular complexity index is 1590. The molecule has 17 heteroatoms. The summed E-state index contributed by atoms with van der Waals surface area (Å²) < 4.78 is 43.6. The van der Waals surface area contributed by atoms with Crippen LogP contribution in [0.15, 0.2) is 30.6 Å². The quantitative estimate of drug-likeness (QED) is 0.181. The van der Waals surface area contributed by atoms with Gasteiger partial charge in [0.05, 0.1) is 16.7 Å². The molecule has 1 aromatic heterocycles. The standard InChI is InChI=1S/C31H34F3N7O7/c32-31(33,34)18-14-37-30(38-15-18)39-19-8-7-17(13-19)26(44)36-12-3-1-2-11-35-24(43)16-48-22-6-4-5-20-25(22)29(47)41(28(20)46)21-9-10-23(42)40-27(21)45/h4-6,14-15,17,19,21H,1-3,7-13,16H2,(H,35,43)(H,36,44)(H,37,38,39)(H,40,42,45). The number of ether oxygens (including phenoxy) is 1. The van der Waals surface area contributed by atoms with Crippen molar-refractivity contribution < 1.29 is 46.7 Å². The first-order valence-electron chi connectivity index (χ1n) is 15.6. The lowest BCUT2D eigenvalue weighted by atomic mass is 10.0. The van der Waals surface area contributed by atoms with Gasteiger partial charge in [-0.2, -0.15) is 13.2 Å². The van der Waals surface area contributed by atoms with Crippen LogP contribution in [0.5, 0.6) is 5.75 Å². The van der Waals surface area contributed by atoms with Crippen molar-refractivity contribution in [2.24, 2.45) is 5.92 Å². The maximum atomic E-state index is 13.1. The first-order chi connectivity index (χ1) is 22.9. The van der Waals surface area contributed by atoms with Gasteiger partial charge in [0, 0.05) is 43.9 Å². The molecule has 14 nitrogen and oxygen atoms in total. The predicted octanol–water partition coefficient (Wildman–Crippen LogP) is 1.96. The minimum Gasteiger partial charge on any atom is -0.483 e. The number of hydrogen-bond acceptors (Lipinski definition) is 10. The topological polar surface area (TPSA) is 189 Å². The lowest BCUT2D eigenvalue weighted by molar-refractivity contribution is -0.138. The minimum atomic E-state index is -4.51. The molecule has 6 amide bonds. The molecular weight excluding hydrogens is 639 g/mol. The highest BCUT2D eigenvalue weighted by Gasteiger charge is 2.46. The van der Waals surface area contributed by atoms with Crippen molar-refractivity contribution in [2.75, 3.05) is 25.0 Å². The van der Waals surface area contributed by atoms with Gasteiger partial charge in [-0.25, -0.2) is 9.97 Å². The summed E-state index contributed by atoms with van der Waals surface area (Å²) in [6.07, 6.45) is 0.794. The van der Waals surface area contributed by atoms with Crippen molar-refractivity contribution in [3.05, 3.63) is 47.3 Å². The van der Waals surface area contributed by atoms with Gasteiger partial charge in [-0.3, -0.25) is 39.0 Å². The first-order valence-corrected chi connectivity index (χ1v) is 15.6. The fourth-order valence-electron chi connectivity index (χ4n) is 5.89. The SMILES string of the molecule is O=C(COc1cccc2c1C(=O)N(C1CCC(=O)NC1=O)C2=O)NCCCCCNC(=O)C1CCC(Nc2ncc(C(F)(F)F)cn2)C1. The van der Waals surface area contributed by atoms with Gasteiger partial charge >= 0.3 is 6.18 Å². The molecule has 3 unspecified atom stereocenters. The zero-order valence-corrected chi connectivity index (χ0v) is 25.7. The van der Waals surface area contributed by atoms with E-state index in [9.17, 15) is 41.9 Å². The number of anilines is 1.